The standard InChI is InChI=1S/C19H14BrN3/c20-14-4-5-19-16(9-14)17(11-23-19)18(21)8-12-2-1-3-13-10-22-7-6-15(12)13/h1-11,23H,21H2/b18-8-. The molecule has 0 saturated carbocycles. The summed E-state index contributed by atoms with van der Waals surface area (Å²) in [6.45, 7) is 0. The van der Waals surface area contributed by atoms with E-state index in [9.17, 15) is 0 Å². The topological polar surface area (TPSA) is 54.7 Å². The van der Waals surface area contributed by atoms with Crippen LogP contribution in [-0.4, -0.2) is 9.97 Å². The lowest BCUT2D eigenvalue weighted by Gasteiger charge is -2.04. The summed E-state index contributed by atoms with van der Waals surface area (Å²) in [6.07, 6.45) is 7.64. The lowest BCUT2D eigenvalue weighted by Crippen LogP contribution is -1.95. The highest BCUT2D eigenvalue weighted by molar-refractivity contribution is 9.10. The minimum atomic E-state index is 0.735. The van der Waals surface area contributed by atoms with Crippen molar-refractivity contribution in [3.8, 4) is 0 Å². The number of nitrogens with zero attached hydrogens (tertiary/aromatic N) is 1. The molecule has 0 saturated heterocycles. The second-order valence-electron chi connectivity index (χ2n) is 5.44. The summed E-state index contributed by atoms with van der Waals surface area (Å²) in [5.41, 5.74) is 10.3. The van der Waals surface area contributed by atoms with E-state index in [0.29, 0.717) is 0 Å². The van der Waals surface area contributed by atoms with Gasteiger partial charge in [-0.1, -0.05) is 34.1 Å². The largest absolute Gasteiger partial charge is 0.398 e. The molecule has 23 heavy (non-hydrogen) atoms. The van der Waals surface area contributed by atoms with Gasteiger partial charge < -0.3 is 10.7 Å². The van der Waals surface area contributed by atoms with Crippen LogP contribution in [0.4, 0.5) is 0 Å². The van der Waals surface area contributed by atoms with Gasteiger partial charge in [0.2, 0.25) is 0 Å². The van der Waals surface area contributed by atoms with Crippen LogP contribution < -0.4 is 5.73 Å². The van der Waals surface area contributed by atoms with Gasteiger partial charge in [-0.15, -0.1) is 0 Å². The van der Waals surface area contributed by atoms with Crippen molar-refractivity contribution in [1.82, 2.24) is 9.97 Å². The van der Waals surface area contributed by atoms with Crippen molar-refractivity contribution in [2.24, 2.45) is 5.73 Å². The number of aromatic amines is 1. The van der Waals surface area contributed by atoms with Crippen LogP contribution in [0.15, 0.2) is 65.5 Å². The number of halogens is 1. The number of fused-ring (bicyclic) bond motifs is 2. The van der Waals surface area contributed by atoms with Crippen molar-refractivity contribution < 1.29 is 0 Å². The predicted molar refractivity (Wildman–Crippen MR) is 99.8 cm³/mol. The molecule has 4 aromatic rings. The van der Waals surface area contributed by atoms with Crippen LogP contribution in [0.5, 0.6) is 0 Å². The molecule has 0 aliphatic rings. The van der Waals surface area contributed by atoms with Gasteiger partial charge in [-0.05, 0) is 41.3 Å². The van der Waals surface area contributed by atoms with Gasteiger partial charge in [0, 0.05) is 50.6 Å². The van der Waals surface area contributed by atoms with Gasteiger partial charge in [-0.25, -0.2) is 0 Å². The van der Waals surface area contributed by atoms with Crippen molar-refractivity contribution in [2.75, 3.05) is 0 Å². The van der Waals surface area contributed by atoms with Crippen LogP contribution >= 0.6 is 15.9 Å². The van der Waals surface area contributed by atoms with E-state index in [0.717, 1.165) is 43.0 Å². The smallest absolute Gasteiger partial charge is 0.0461 e. The summed E-state index contributed by atoms with van der Waals surface area (Å²) >= 11 is 3.52. The number of H-pyrrole nitrogens is 1. The van der Waals surface area contributed by atoms with E-state index in [1.54, 1.807) is 6.20 Å². The summed E-state index contributed by atoms with van der Waals surface area (Å²) in [7, 11) is 0. The van der Waals surface area contributed by atoms with Crippen molar-refractivity contribution in [3.05, 3.63) is 76.7 Å². The van der Waals surface area contributed by atoms with Crippen LogP contribution in [0, 0.1) is 0 Å². The van der Waals surface area contributed by atoms with Crippen LogP contribution in [0.3, 0.4) is 0 Å². The van der Waals surface area contributed by atoms with E-state index in [2.05, 4.69) is 44.1 Å². The summed E-state index contributed by atoms with van der Waals surface area (Å²) < 4.78 is 1.04. The Labute approximate surface area is 142 Å². The van der Waals surface area contributed by atoms with E-state index in [1.165, 1.54) is 0 Å². The van der Waals surface area contributed by atoms with Crippen molar-refractivity contribution >= 4 is 49.4 Å². The highest BCUT2D eigenvalue weighted by Crippen LogP contribution is 2.28. The Balaban J connectivity index is 1.88. The van der Waals surface area contributed by atoms with Crippen LogP contribution in [0.25, 0.3) is 33.4 Å². The zero-order valence-electron chi connectivity index (χ0n) is 12.3. The third-order valence-electron chi connectivity index (χ3n) is 3.98. The fourth-order valence-electron chi connectivity index (χ4n) is 2.85. The zero-order valence-corrected chi connectivity index (χ0v) is 13.8. The maximum absolute atomic E-state index is 6.39. The first-order valence-corrected chi connectivity index (χ1v) is 8.08. The Kier molecular flexibility index (Phi) is 3.39. The fraction of sp³-hybridized carbons (Fsp3) is 0. The molecule has 3 N–H and O–H groups in total. The average molecular weight is 364 g/mol. The quantitative estimate of drug-likeness (QED) is 0.530. The van der Waals surface area contributed by atoms with Gasteiger partial charge in [0.15, 0.2) is 0 Å². The van der Waals surface area contributed by atoms with Gasteiger partial charge in [0.05, 0.1) is 0 Å². The van der Waals surface area contributed by atoms with E-state index >= 15 is 0 Å². The lowest BCUT2D eigenvalue weighted by molar-refractivity contribution is 1.36. The molecular formula is C19H14BrN3. The monoisotopic (exact) mass is 363 g/mol. The molecule has 2 aromatic carbocycles. The van der Waals surface area contributed by atoms with Crippen LogP contribution in [0.2, 0.25) is 0 Å². The third-order valence-corrected chi connectivity index (χ3v) is 4.47. The summed E-state index contributed by atoms with van der Waals surface area (Å²) in [5, 5.41) is 3.36. The molecule has 112 valence electrons. The lowest BCUT2D eigenvalue weighted by atomic mass is 10.0. The number of rotatable bonds is 2. The van der Waals surface area contributed by atoms with E-state index in [1.807, 2.05) is 42.7 Å². The SMILES string of the molecule is N/C(=C\c1cccc2cnccc12)c1c[nH]c2ccc(Br)cc12. The van der Waals surface area contributed by atoms with E-state index in [4.69, 9.17) is 5.73 Å². The molecular weight excluding hydrogens is 350 g/mol. The maximum atomic E-state index is 6.39. The highest BCUT2D eigenvalue weighted by Gasteiger charge is 2.07. The maximum Gasteiger partial charge on any atom is 0.0461 e. The Hall–Kier alpha value is -2.59. The molecule has 4 rings (SSSR count). The number of hydrogen-bond acceptors (Lipinski definition) is 2. The predicted octanol–water partition coefficient (Wildman–Crippen LogP) is 4.94. The molecule has 2 heterocycles. The molecule has 0 spiro atoms. The first-order valence-electron chi connectivity index (χ1n) is 7.29. The Morgan fingerprint density at radius 1 is 1.13 bits per heavy atom. The van der Waals surface area contributed by atoms with Gasteiger partial charge in [-0.3, -0.25) is 4.98 Å². The number of nitrogens with two attached hydrogens (primary N) is 1. The molecule has 0 aliphatic carbocycles. The highest BCUT2D eigenvalue weighted by atomic mass is 79.9. The van der Waals surface area contributed by atoms with E-state index in [-0.39, 0.29) is 0 Å². The Bertz CT molecular complexity index is 1040. The average Bonchev–Trinajstić information content (AvgIpc) is 2.98. The van der Waals surface area contributed by atoms with Gasteiger partial charge >= 0.3 is 0 Å². The molecule has 0 aliphatic heterocycles. The fourth-order valence-corrected chi connectivity index (χ4v) is 3.21. The first kappa shape index (κ1) is 14.0. The molecule has 0 bridgehead atoms. The number of pyridine rings is 1. The zero-order chi connectivity index (χ0) is 15.8. The van der Waals surface area contributed by atoms with Crippen molar-refractivity contribution in [3.63, 3.8) is 0 Å². The van der Waals surface area contributed by atoms with Crippen molar-refractivity contribution in [2.45, 2.75) is 0 Å². The molecule has 0 unspecified atom stereocenters. The number of benzene rings is 2. The van der Waals surface area contributed by atoms with E-state index < -0.39 is 0 Å². The molecule has 4 heteroatoms. The van der Waals surface area contributed by atoms with Crippen LogP contribution in [0.1, 0.15) is 11.1 Å². The third kappa shape index (κ3) is 2.51. The molecule has 0 radical (unpaired) electrons. The van der Waals surface area contributed by atoms with Gasteiger partial charge in [-0.2, -0.15) is 0 Å². The minimum absolute atomic E-state index is 0.735. The second kappa shape index (κ2) is 5.56. The first-order chi connectivity index (χ1) is 11.2. The molecule has 2 aromatic heterocycles. The molecule has 3 nitrogen and oxygen atoms in total. The Morgan fingerprint density at radius 2 is 2.04 bits per heavy atom. The number of hydrogen-bond donors (Lipinski definition) is 2. The van der Waals surface area contributed by atoms with Crippen molar-refractivity contribution in [1.29, 1.82) is 0 Å². The normalized spacial score (nSPS) is 12.1. The molecule has 0 fully saturated rings. The van der Waals surface area contributed by atoms with Gasteiger partial charge in [0.25, 0.3) is 0 Å². The van der Waals surface area contributed by atoms with Crippen LogP contribution in [-0.2, 0) is 0 Å². The second-order valence-corrected chi connectivity index (χ2v) is 6.35. The van der Waals surface area contributed by atoms with Gasteiger partial charge in [0.1, 0.15) is 0 Å². The summed E-state index contributed by atoms with van der Waals surface area (Å²) in [6, 6.07) is 14.3. The Morgan fingerprint density at radius 3 is 2.96 bits per heavy atom. The molecule has 0 atom stereocenters. The number of aromatic nitrogens is 2. The minimum Gasteiger partial charge on any atom is -0.398 e. The summed E-state index contributed by atoms with van der Waals surface area (Å²) in [5.74, 6) is 0. The summed E-state index contributed by atoms with van der Waals surface area (Å²) in [4.78, 5) is 7.44. The molecule has 0 amide bonds. The number of nitrogens with one attached hydrogen (secondary N) is 1.